The first-order valence-corrected chi connectivity index (χ1v) is 8.74. The second-order valence-electron chi connectivity index (χ2n) is 6.25. The maximum Gasteiger partial charge on any atom is 0.191 e. The summed E-state index contributed by atoms with van der Waals surface area (Å²) in [6.45, 7) is 5.67. The molecule has 0 radical (unpaired) electrons. The third-order valence-electron chi connectivity index (χ3n) is 4.51. The lowest BCUT2D eigenvalue weighted by atomic mass is 10.1. The molecule has 0 bridgehead atoms. The van der Waals surface area contributed by atoms with Crippen molar-refractivity contribution in [3.8, 4) is 0 Å². The van der Waals surface area contributed by atoms with Gasteiger partial charge in [-0.1, -0.05) is 48.6 Å². The van der Waals surface area contributed by atoms with Crippen LogP contribution in [0.2, 0.25) is 0 Å². The van der Waals surface area contributed by atoms with Gasteiger partial charge in [0.1, 0.15) is 0 Å². The Balaban J connectivity index is 1.50. The molecule has 1 heterocycles. The summed E-state index contributed by atoms with van der Waals surface area (Å²) in [7, 11) is 1.80. The summed E-state index contributed by atoms with van der Waals surface area (Å²) < 4.78 is 0. The molecule has 0 amide bonds. The fourth-order valence-corrected chi connectivity index (χ4v) is 2.91. The molecule has 2 aromatic rings. The Morgan fingerprint density at radius 2 is 1.64 bits per heavy atom. The summed E-state index contributed by atoms with van der Waals surface area (Å²) in [4.78, 5) is 6.65. The molecule has 0 aliphatic carbocycles. The lowest BCUT2D eigenvalue weighted by molar-refractivity contribution is 0.806. The van der Waals surface area contributed by atoms with Crippen molar-refractivity contribution in [1.29, 1.82) is 0 Å². The number of nitrogens with zero attached hydrogens (tertiary/aromatic N) is 2. The van der Waals surface area contributed by atoms with Crippen LogP contribution >= 0.6 is 0 Å². The van der Waals surface area contributed by atoms with Crippen LogP contribution in [-0.2, 0) is 13.1 Å². The number of nitrogens with one attached hydrogen (secondary N) is 2. The van der Waals surface area contributed by atoms with E-state index in [1.165, 1.54) is 22.4 Å². The summed E-state index contributed by atoms with van der Waals surface area (Å²) in [6, 6.07) is 17.1. The Morgan fingerprint density at radius 3 is 2.32 bits per heavy atom. The van der Waals surface area contributed by atoms with Gasteiger partial charge in [-0.15, -0.1) is 0 Å². The number of aliphatic imine (C=N–C) groups is 1. The molecule has 4 nitrogen and oxygen atoms in total. The number of benzene rings is 2. The van der Waals surface area contributed by atoms with Crippen molar-refractivity contribution in [2.75, 3.05) is 25.0 Å². The van der Waals surface area contributed by atoms with E-state index in [9.17, 15) is 0 Å². The molecule has 0 aromatic heterocycles. The molecule has 3 rings (SSSR count). The number of rotatable bonds is 5. The average Bonchev–Trinajstić information content (AvgIpc) is 3.18. The highest BCUT2D eigenvalue weighted by Gasteiger charge is 2.07. The highest BCUT2D eigenvalue weighted by molar-refractivity contribution is 5.79. The zero-order valence-electron chi connectivity index (χ0n) is 15.0. The number of guanidine groups is 1. The molecule has 4 heteroatoms. The van der Waals surface area contributed by atoms with Gasteiger partial charge in [0.05, 0.1) is 0 Å². The largest absolute Gasteiger partial charge is 0.364 e. The smallest absolute Gasteiger partial charge is 0.191 e. The van der Waals surface area contributed by atoms with Gasteiger partial charge in [0, 0.05) is 38.9 Å². The Labute approximate surface area is 150 Å². The highest BCUT2D eigenvalue weighted by atomic mass is 15.2. The summed E-state index contributed by atoms with van der Waals surface area (Å²) >= 11 is 0. The molecule has 0 fully saturated rings. The molecular weight excluding hydrogens is 308 g/mol. The maximum absolute atomic E-state index is 4.31. The molecule has 130 valence electrons. The van der Waals surface area contributed by atoms with Gasteiger partial charge < -0.3 is 15.5 Å². The van der Waals surface area contributed by atoms with Gasteiger partial charge in [-0.05, 0) is 35.7 Å². The van der Waals surface area contributed by atoms with E-state index < -0.39 is 0 Å². The van der Waals surface area contributed by atoms with E-state index in [4.69, 9.17) is 0 Å². The SMILES string of the molecule is CN=C(NCc1ccc(N2CC=CC2)cc1)NCc1ccccc1C. The minimum Gasteiger partial charge on any atom is -0.364 e. The topological polar surface area (TPSA) is 39.7 Å². The first-order valence-electron chi connectivity index (χ1n) is 8.74. The Bertz CT molecular complexity index is 739. The van der Waals surface area contributed by atoms with E-state index in [1.807, 2.05) is 0 Å². The van der Waals surface area contributed by atoms with E-state index in [0.717, 1.165) is 32.1 Å². The van der Waals surface area contributed by atoms with Gasteiger partial charge in [0.15, 0.2) is 5.96 Å². The maximum atomic E-state index is 4.31. The van der Waals surface area contributed by atoms with E-state index in [0.29, 0.717) is 0 Å². The van der Waals surface area contributed by atoms with Crippen LogP contribution < -0.4 is 15.5 Å². The lowest BCUT2D eigenvalue weighted by Crippen LogP contribution is -2.36. The van der Waals surface area contributed by atoms with Crippen LogP contribution in [0, 0.1) is 6.92 Å². The van der Waals surface area contributed by atoms with Crippen molar-refractivity contribution >= 4 is 11.6 Å². The second kappa shape index (κ2) is 8.38. The van der Waals surface area contributed by atoms with Gasteiger partial charge in [-0.25, -0.2) is 0 Å². The number of aryl methyl sites for hydroxylation is 1. The molecule has 1 aliphatic heterocycles. The minimum absolute atomic E-state index is 0.756. The van der Waals surface area contributed by atoms with Crippen molar-refractivity contribution in [3.63, 3.8) is 0 Å². The minimum atomic E-state index is 0.756. The number of hydrogen-bond acceptors (Lipinski definition) is 2. The summed E-state index contributed by atoms with van der Waals surface area (Å²) in [5, 5.41) is 6.75. The third-order valence-corrected chi connectivity index (χ3v) is 4.51. The summed E-state index contributed by atoms with van der Waals surface area (Å²) in [6.07, 6.45) is 4.42. The molecule has 2 N–H and O–H groups in total. The molecule has 0 unspecified atom stereocenters. The fourth-order valence-electron chi connectivity index (χ4n) is 2.91. The predicted molar refractivity (Wildman–Crippen MR) is 106 cm³/mol. The van der Waals surface area contributed by atoms with Crippen molar-refractivity contribution in [3.05, 3.63) is 77.4 Å². The average molecular weight is 334 g/mol. The first-order chi connectivity index (χ1) is 12.3. The number of anilines is 1. The third kappa shape index (κ3) is 4.63. The fraction of sp³-hybridized carbons (Fsp3) is 0.286. The van der Waals surface area contributed by atoms with Crippen LogP contribution in [0.4, 0.5) is 5.69 Å². The van der Waals surface area contributed by atoms with Crippen molar-refractivity contribution in [2.24, 2.45) is 4.99 Å². The molecule has 1 aliphatic rings. The van der Waals surface area contributed by atoms with Crippen molar-refractivity contribution in [2.45, 2.75) is 20.0 Å². The summed E-state index contributed by atoms with van der Waals surface area (Å²) in [5.41, 5.74) is 5.09. The monoisotopic (exact) mass is 334 g/mol. The van der Waals surface area contributed by atoms with E-state index in [2.05, 4.69) is 88.1 Å². The predicted octanol–water partition coefficient (Wildman–Crippen LogP) is 3.24. The highest BCUT2D eigenvalue weighted by Crippen LogP contribution is 2.17. The zero-order valence-corrected chi connectivity index (χ0v) is 15.0. The van der Waals surface area contributed by atoms with Gasteiger partial charge in [0.2, 0.25) is 0 Å². The summed E-state index contributed by atoms with van der Waals surface area (Å²) in [5.74, 6) is 0.816. The van der Waals surface area contributed by atoms with Crippen LogP contribution in [0.5, 0.6) is 0 Å². The number of hydrogen-bond donors (Lipinski definition) is 2. The van der Waals surface area contributed by atoms with Crippen molar-refractivity contribution in [1.82, 2.24) is 10.6 Å². The van der Waals surface area contributed by atoms with Crippen LogP contribution in [0.1, 0.15) is 16.7 Å². The standard InChI is InChI=1S/C21H26N4/c1-17-7-3-4-8-19(17)16-24-21(22-2)23-15-18-9-11-20(12-10-18)25-13-5-6-14-25/h3-12H,13-16H2,1-2H3,(H2,22,23,24). The van der Waals surface area contributed by atoms with Crippen LogP contribution in [0.15, 0.2) is 65.7 Å². The molecular formula is C21H26N4. The Kier molecular flexibility index (Phi) is 5.73. The van der Waals surface area contributed by atoms with Gasteiger partial charge in [0.25, 0.3) is 0 Å². The normalized spacial score (nSPS) is 14.0. The Hall–Kier alpha value is -2.75. The molecule has 0 atom stereocenters. The van der Waals surface area contributed by atoms with E-state index >= 15 is 0 Å². The molecule has 0 saturated heterocycles. The van der Waals surface area contributed by atoms with Crippen LogP contribution in [0.3, 0.4) is 0 Å². The van der Waals surface area contributed by atoms with Crippen LogP contribution in [-0.4, -0.2) is 26.1 Å². The van der Waals surface area contributed by atoms with E-state index in [1.54, 1.807) is 7.05 Å². The molecule has 2 aromatic carbocycles. The van der Waals surface area contributed by atoms with E-state index in [-0.39, 0.29) is 0 Å². The Morgan fingerprint density at radius 1 is 0.960 bits per heavy atom. The lowest BCUT2D eigenvalue weighted by Gasteiger charge is -2.18. The second-order valence-corrected chi connectivity index (χ2v) is 6.25. The zero-order chi connectivity index (χ0) is 17.5. The molecule has 0 spiro atoms. The van der Waals surface area contributed by atoms with Crippen molar-refractivity contribution < 1.29 is 0 Å². The molecule has 25 heavy (non-hydrogen) atoms. The first kappa shape index (κ1) is 17.1. The molecule has 0 saturated carbocycles. The van der Waals surface area contributed by atoms with Gasteiger partial charge in [-0.3, -0.25) is 4.99 Å². The van der Waals surface area contributed by atoms with Gasteiger partial charge in [-0.2, -0.15) is 0 Å². The van der Waals surface area contributed by atoms with Crippen LogP contribution in [0.25, 0.3) is 0 Å². The van der Waals surface area contributed by atoms with Gasteiger partial charge >= 0.3 is 0 Å². The quantitative estimate of drug-likeness (QED) is 0.501.